The van der Waals surface area contributed by atoms with Gasteiger partial charge in [0.25, 0.3) is 5.91 Å². The third-order valence-electron chi connectivity index (χ3n) is 6.66. The standard InChI is InChI=1S/C30H31N5O2/c1-23-20-28(36)29(32-35(23)27-10-6-3-7-11-27)30(37)31-26-14-12-25(13-15-26)22-34-18-16-33(17-19-34)21-24-8-4-2-5-9-24/h2-15,20H,16-19,21-22H2,1H3,(H,31,37). The first-order valence-electron chi connectivity index (χ1n) is 12.6. The minimum absolute atomic E-state index is 0.132. The number of anilines is 1. The van der Waals surface area contributed by atoms with Gasteiger partial charge < -0.3 is 5.32 Å². The largest absolute Gasteiger partial charge is 0.320 e. The number of aryl methyl sites for hydroxylation is 1. The summed E-state index contributed by atoms with van der Waals surface area (Å²) in [6.07, 6.45) is 0. The van der Waals surface area contributed by atoms with Gasteiger partial charge in [0.15, 0.2) is 5.69 Å². The number of rotatable bonds is 7. The molecular weight excluding hydrogens is 462 g/mol. The molecule has 1 fully saturated rings. The predicted octanol–water partition coefficient (Wildman–Crippen LogP) is 4.11. The summed E-state index contributed by atoms with van der Waals surface area (Å²) in [5, 5.41) is 7.17. The molecular formula is C30H31N5O2. The second-order valence-corrected chi connectivity index (χ2v) is 9.43. The molecule has 0 radical (unpaired) electrons. The molecule has 2 heterocycles. The molecule has 5 rings (SSSR count). The lowest BCUT2D eigenvalue weighted by Crippen LogP contribution is -2.45. The van der Waals surface area contributed by atoms with Gasteiger partial charge >= 0.3 is 0 Å². The first-order valence-corrected chi connectivity index (χ1v) is 12.6. The monoisotopic (exact) mass is 493 g/mol. The average Bonchev–Trinajstić information content (AvgIpc) is 2.92. The molecule has 0 bridgehead atoms. The number of para-hydroxylation sites is 1. The number of aromatic nitrogens is 2. The maximum atomic E-state index is 12.9. The molecule has 4 aromatic rings. The van der Waals surface area contributed by atoms with Gasteiger partial charge in [-0.25, -0.2) is 4.68 Å². The predicted molar refractivity (Wildman–Crippen MR) is 146 cm³/mol. The smallest absolute Gasteiger partial charge is 0.280 e. The maximum absolute atomic E-state index is 12.9. The molecule has 1 aliphatic heterocycles. The Kier molecular flexibility index (Phi) is 7.54. The summed E-state index contributed by atoms with van der Waals surface area (Å²) >= 11 is 0. The topological polar surface area (TPSA) is 70.5 Å². The number of nitrogens with zero attached hydrogens (tertiary/aromatic N) is 4. The van der Waals surface area contributed by atoms with E-state index in [2.05, 4.69) is 50.5 Å². The molecule has 188 valence electrons. The number of amides is 1. The van der Waals surface area contributed by atoms with E-state index in [9.17, 15) is 9.59 Å². The average molecular weight is 494 g/mol. The van der Waals surface area contributed by atoms with Gasteiger partial charge in [-0.15, -0.1) is 0 Å². The van der Waals surface area contributed by atoms with Gasteiger partial charge in [-0.05, 0) is 42.3 Å². The van der Waals surface area contributed by atoms with E-state index in [1.807, 2.05) is 54.6 Å². The number of hydrogen-bond donors (Lipinski definition) is 1. The highest BCUT2D eigenvalue weighted by atomic mass is 16.2. The third kappa shape index (κ3) is 6.20. The highest BCUT2D eigenvalue weighted by Gasteiger charge is 2.18. The zero-order chi connectivity index (χ0) is 25.6. The highest BCUT2D eigenvalue weighted by Crippen LogP contribution is 2.15. The van der Waals surface area contributed by atoms with Crippen LogP contribution in [0.15, 0.2) is 95.8 Å². The van der Waals surface area contributed by atoms with Crippen LogP contribution in [0.2, 0.25) is 0 Å². The minimum atomic E-state index is -0.517. The Hall–Kier alpha value is -4.07. The van der Waals surface area contributed by atoms with Crippen LogP contribution in [0.25, 0.3) is 5.69 Å². The van der Waals surface area contributed by atoms with Crippen molar-refractivity contribution >= 4 is 11.6 Å². The normalized spacial score (nSPS) is 14.4. The van der Waals surface area contributed by atoms with Gasteiger partial charge in [0.2, 0.25) is 5.43 Å². The van der Waals surface area contributed by atoms with Crippen LogP contribution in [0.4, 0.5) is 5.69 Å². The Balaban J connectivity index is 1.17. The summed E-state index contributed by atoms with van der Waals surface area (Å²) in [5.41, 5.74) is 4.10. The molecule has 1 N–H and O–H groups in total. The van der Waals surface area contributed by atoms with E-state index in [1.54, 1.807) is 11.6 Å². The maximum Gasteiger partial charge on any atom is 0.280 e. The van der Waals surface area contributed by atoms with Crippen molar-refractivity contribution < 1.29 is 4.79 Å². The van der Waals surface area contributed by atoms with Crippen LogP contribution in [-0.2, 0) is 13.1 Å². The fourth-order valence-corrected chi connectivity index (χ4v) is 4.62. The van der Waals surface area contributed by atoms with Crippen molar-refractivity contribution in [1.29, 1.82) is 0 Å². The van der Waals surface area contributed by atoms with Gasteiger partial charge in [-0.3, -0.25) is 19.4 Å². The molecule has 0 spiro atoms. The van der Waals surface area contributed by atoms with Crippen LogP contribution in [-0.4, -0.2) is 51.7 Å². The van der Waals surface area contributed by atoms with Crippen molar-refractivity contribution in [2.24, 2.45) is 0 Å². The minimum Gasteiger partial charge on any atom is -0.320 e. The third-order valence-corrected chi connectivity index (χ3v) is 6.66. The summed E-state index contributed by atoms with van der Waals surface area (Å²) in [5.74, 6) is -0.517. The molecule has 7 nitrogen and oxygen atoms in total. The number of benzene rings is 3. The zero-order valence-electron chi connectivity index (χ0n) is 21.0. The van der Waals surface area contributed by atoms with Crippen LogP contribution in [0, 0.1) is 6.92 Å². The lowest BCUT2D eigenvalue weighted by molar-refractivity contribution is 0.101. The Morgan fingerprint density at radius 1 is 0.784 bits per heavy atom. The van der Waals surface area contributed by atoms with E-state index in [0.29, 0.717) is 11.4 Å². The van der Waals surface area contributed by atoms with Crippen LogP contribution in [0.5, 0.6) is 0 Å². The second kappa shape index (κ2) is 11.3. The Morgan fingerprint density at radius 3 is 1.92 bits per heavy atom. The van der Waals surface area contributed by atoms with Crippen LogP contribution >= 0.6 is 0 Å². The van der Waals surface area contributed by atoms with Crippen molar-refractivity contribution in [2.45, 2.75) is 20.0 Å². The molecule has 3 aromatic carbocycles. The molecule has 1 aromatic heterocycles. The highest BCUT2D eigenvalue weighted by molar-refractivity contribution is 6.02. The van der Waals surface area contributed by atoms with Gasteiger partial charge in [0.1, 0.15) is 0 Å². The van der Waals surface area contributed by atoms with E-state index >= 15 is 0 Å². The van der Waals surface area contributed by atoms with Crippen molar-refractivity contribution in [1.82, 2.24) is 19.6 Å². The molecule has 37 heavy (non-hydrogen) atoms. The Labute approximate surface area is 217 Å². The molecule has 0 saturated carbocycles. The fourth-order valence-electron chi connectivity index (χ4n) is 4.62. The van der Waals surface area contributed by atoms with E-state index in [1.165, 1.54) is 17.2 Å². The molecule has 7 heteroatoms. The number of hydrogen-bond acceptors (Lipinski definition) is 5. The van der Waals surface area contributed by atoms with E-state index in [4.69, 9.17) is 0 Å². The van der Waals surface area contributed by atoms with Crippen LogP contribution in [0.1, 0.15) is 27.3 Å². The summed E-state index contributed by atoms with van der Waals surface area (Å²) in [6, 6.07) is 29.3. The van der Waals surface area contributed by atoms with Crippen molar-refractivity contribution in [3.05, 3.63) is 124 Å². The van der Waals surface area contributed by atoms with Crippen LogP contribution in [0.3, 0.4) is 0 Å². The summed E-state index contributed by atoms with van der Waals surface area (Å²) in [4.78, 5) is 30.4. The number of nitrogens with one attached hydrogen (secondary N) is 1. The molecule has 0 aliphatic carbocycles. The number of carbonyl (C=O) groups excluding carboxylic acids is 1. The zero-order valence-corrected chi connectivity index (χ0v) is 21.0. The van der Waals surface area contributed by atoms with Crippen LogP contribution < -0.4 is 10.7 Å². The Bertz CT molecular complexity index is 1390. The first-order chi connectivity index (χ1) is 18.0. The summed E-state index contributed by atoms with van der Waals surface area (Å²) < 4.78 is 1.61. The summed E-state index contributed by atoms with van der Waals surface area (Å²) in [6.45, 7) is 7.81. The van der Waals surface area contributed by atoms with Gasteiger partial charge in [0, 0.05) is 56.7 Å². The molecule has 1 amide bonds. The number of piperazine rings is 1. The van der Waals surface area contributed by atoms with Crippen molar-refractivity contribution in [2.75, 3.05) is 31.5 Å². The quantitative estimate of drug-likeness (QED) is 0.420. The number of carbonyl (C=O) groups is 1. The SMILES string of the molecule is Cc1cc(=O)c(C(=O)Nc2ccc(CN3CCN(Cc4ccccc4)CC3)cc2)nn1-c1ccccc1. The summed E-state index contributed by atoms with van der Waals surface area (Å²) in [7, 11) is 0. The lowest BCUT2D eigenvalue weighted by atomic mass is 10.1. The molecule has 0 unspecified atom stereocenters. The fraction of sp³-hybridized carbons (Fsp3) is 0.233. The second-order valence-electron chi connectivity index (χ2n) is 9.43. The van der Waals surface area contributed by atoms with Gasteiger partial charge in [-0.2, -0.15) is 5.10 Å². The lowest BCUT2D eigenvalue weighted by Gasteiger charge is -2.34. The first kappa shape index (κ1) is 24.6. The molecule has 1 saturated heterocycles. The van der Waals surface area contributed by atoms with Crippen molar-refractivity contribution in [3.63, 3.8) is 0 Å². The molecule has 1 aliphatic rings. The van der Waals surface area contributed by atoms with Gasteiger partial charge in [-0.1, -0.05) is 60.7 Å². The van der Waals surface area contributed by atoms with E-state index in [-0.39, 0.29) is 5.69 Å². The Morgan fingerprint density at radius 2 is 1.32 bits per heavy atom. The molecule has 0 atom stereocenters. The van der Waals surface area contributed by atoms with Gasteiger partial charge in [0.05, 0.1) is 5.69 Å². The van der Waals surface area contributed by atoms with Crippen molar-refractivity contribution in [3.8, 4) is 5.69 Å². The van der Waals surface area contributed by atoms with E-state index < -0.39 is 11.3 Å². The van der Waals surface area contributed by atoms with E-state index in [0.717, 1.165) is 45.0 Å².